The predicted molar refractivity (Wildman–Crippen MR) is 76.3 cm³/mol. The summed E-state index contributed by atoms with van der Waals surface area (Å²) in [5.41, 5.74) is 1.47. The average Bonchev–Trinajstić information content (AvgIpc) is 3.11. The van der Waals surface area contributed by atoms with Crippen LogP contribution in [0.25, 0.3) is 11.0 Å². The third kappa shape index (κ3) is 3.39. The molecule has 112 valence electrons. The maximum absolute atomic E-state index is 13.1. The molecule has 0 aliphatic carbocycles. The second-order valence-electron chi connectivity index (χ2n) is 5.30. The molecule has 1 aromatic heterocycles. The first kappa shape index (κ1) is 14.0. The Labute approximate surface area is 121 Å². The highest BCUT2D eigenvalue weighted by Gasteiger charge is 2.22. The van der Waals surface area contributed by atoms with Gasteiger partial charge >= 0.3 is 0 Å². The van der Waals surface area contributed by atoms with Gasteiger partial charge in [0.15, 0.2) is 0 Å². The Bertz CT molecular complexity index is 635. The molecular weight excluding hydrogens is 273 g/mol. The van der Waals surface area contributed by atoms with E-state index < -0.39 is 0 Å². The zero-order chi connectivity index (χ0) is 14.7. The highest BCUT2D eigenvalue weighted by atomic mass is 19.1. The van der Waals surface area contributed by atoms with Crippen LogP contribution in [0.2, 0.25) is 0 Å². The minimum Gasteiger partial charge on any atom is -0.381 e. The third-order valence-corrected chi connectivity index (χ3v) is 3.68. The molecule has 2 aromatic rings. The number of aromatic nitrogens is 2. The number of carbonyl (C=O) groups is 1. The molecular formula is C15H18FN3O2. The minimum atomic E-state index is -0.274. The molecule has 1 aliphatic heterocycles. The van der Waals surface area contributed by atoms with E-state index in [2.05, 4.69) is 15.3 Å². The van der Waals surface area contributed by atoms with Crippen molar-refractivity contribution >= 4 is 16.9 Å². The number of H-pyrrole nitrogens is 1. The van der Waals surface area contributed by atoms with Crippen molar-refractivity contribution in [1.29, 1.82) is 0 Å². The van der Waals surface area contributed by atoms with Gasteiger partial charge in [-0.25, -0.2) is 9.37 Å². The van der Waals surface area contributed by atoms with E-state index in [1.165, 1.54) is 12.1 Å². The molecule has 2 N–H and O–H groups in total. The second kappa shape index (κ2) is 6.22. The van der Waals surface area contributed by atoms with Crippen LogP contribution in [0.3, 0.4) is 0 Å². The predicted octanol–water partition coefficient (Wildman–Crippen LogP) is 1.79. The van der Waals surface area contributed by atoms with Gasteiger partial charge < -0.3 is 15.0 Å². The molecule has 0 bridgehead atoms. The number of fused-ring (bicyclic) bond motifs is 1. The molecule has 0 unspecified atom stereocenters. The number of carbonyl (C=O) groups excluding carboxylic acids is 1. The van der Waals surface area contributed by atoms with Crippen molar-refractivity contribution in [1.82, 2.24) is 15.3 Å². The van der Waals surface area contributed by atoms with Crippen LogP contribution < -0.4 is 5.32 Å². The van der Waals surface area contributed by atoms with Gasteiger partial charge in [-0.1, -0.05) is 0 Å². The Morgan fingerprint density at radius 1 is 1.52 bits per heavy atom. The van der Waals surface area contributed by atoms with Crippen molar-refractivity contribution in [2.24, 2.45) is 5.92 Å². The molecule has 1 fully saturated rings. The van der Waals surface area contributed by atoms with Gasteiger partial charge in [0.05, 0.1) is 23.6 Å². The van der Waals surface area contributed by atoms with Gasteiger partial charge in [0, 0.05) is 19.6 Å². The zero-order valence-electron chi connectivity index (χ0n) is 11.7. The van der Waals surface area contributed by atoms with Gasteiger partial charge in [0.1, 0.15) is 11.6 Å². The quantitative estimate of drug-likeness (QED) is 0.825. The number of ether oxygens (including phenoxy) is 1. The fourth-order valence-electron chi connectivity index (χ4n) is 2.51. The number of halogens is 1. The third-order valence-electron chi connectivity index (χ3n) is 3.68. The number of aromatic amines is 1. The summed E-state index contributed by atoms with van der Waals surface area (Å²) >= 11 is 0. The number of amides is 1. The van der Waals surface area contributed by atoms with E-state index in [1.54, 1.807) is 6.07 Å². The Morgan fingerprint density at radius 3 is 3.24 bits per heavy atom. The number of hydrogen-bond acceptors (Lipinski definition) is 3. The Hall–Kier alpha value is -1.95. The number of rotatable bonds is 5. The van der Waals surface area contributed by atoms with Crippen molar-refractivity contribution in [2.75, 3.05) is 19.8 Å². The first-order valence-corrected chi connectivity index (χ1v) is 7.22. The summed E-state index contributed by atoms with van der Waals surface area (Å²) < 4.78 is 18.3. The molecule has 5 nitrogen and oxygen atoms in total. The zero-order valence-corrected chi connectivity index (χ0v) is 11.7. The molecule has 1 aromatic carbocycles. The lowest BCUT2D eigenvalue weighted by Gasteiger charge is -2.08. The molecule has 0 saturated carbocycles. The molecule has 2 heterocycles. The summed E-state index contributed by atoms with van der Waals surface area (Å²) in [7, 11) is 0. The molecule has 1 aliphatic rings. The topological polar surface area (TPSA) is 67.0 Å². The maximum atomic E-state index is 13.1. The van der Waals surface area contributed by atoms with Crippen molar-refractivity contribution in [2.45, 2.75) is 19.3 Å². The Kier molecular flexibility index (Phi) is 4.15. The van der Waals surface area contributed by atoms with Crippen LogP contribution in [0.15, 0.2) is 18.2 Å². The highest BCUT2D eigenvalue weighted by Crippen LogP contribution is 2.14. The van der Waals surface area contributed by atoms with Gasteiger partial charge in [-0.3, -0.25) is 4.79 Å². The summed E-state index contributed by atoms with van der Waals surface area (Å²) in [4.78, 5) is 19.3. The fraction of sp³-hybridized carbons (Fsp3) is 0.467. The van der Waals surface area contributed by atoms with Crippen LogP contribution in [-0.2, 0) is 16.0 Å². The molecule has 1 amide bonds. The van der Waals surface area contributed by atoms with Crippen LogP contribution >= 0.6 is 0 Å². The van der Waals surface area contributed by atoms with Crippen LogP contribution in [-0.4, -0.2) is 35.6 Å². The van der Waals surface area contributed by atoms with E-state index >= 15 is 0 Å². The molecule has 6 heteroatoms. The lowest BCUT2D eigenvalue weighted by molar-refractivity contribution is -0.124. The summed E-state index contributed by atoms with van der Waals surface area (Å²) in [5, 5.41) is 2.92. The maximum Gasteiger partial charge on any atom is 0.225 e. The fourth-order valence-corrected chi connectivity index (χ4v) is 2.51. The summed E-state index contributed by atoms with van der Waals surface area (Å²) in [6.07, 6.45) is 2.32. The molecule has 3 rings (SSSR count). The SMILES string of the molecule is O=C(NCCCc1nc2ccc(F)cc2[nH]1)[C@@H]1CCOC1. The summed E-state index contributed by atoms with van der Waals surface area (Å²) in [5.74, 6) is 0.608. The van der Waals surface area contributed by atoms with Gasteiger partial charge in [0.25, 0.3) is 0 Å². The molecule has 0 radical (unpaired) electrons. The number of hydrogen-bond donors (Lipinski definition) is 2. The first-order chi connectivity index (χ1) is 10.2. The molecule has 21 heavy (non-hydrogen) atoms. The average molecular weight is 291 g/mol. The largest absolute Gasteiger partial charge is 0.381 e. The lowest BCUT2D eigenvalue weighted by Crippen LogP contribution is -2.31. The normalized spacial score (nSPS) is 18.2. The number of benzene rings is 1. The molecule has 0 spiro atoms. The van der Waals surface area contributed by atoms with Crippen LogP contribution in [0, 0.1) is 11.7 Å². The van der Waals surface area contributed by atoms with Gasteiger partial charge in [0.2, 0.25) is 5.91 Å². The minimum absolute atomic E-state index is 0.000763. The van der Waals surface area contributed by atoms with Crippen molar-refractivity contribution in [3.8, 4) is 0 Å². The van der Waals surface area contributed by atoms with Crippen molar-refractivity contribution in [3.05, 3.63) is 29.8 Å². The van der Waals surface area contributed by atoms with E-state index in [0.717, 1.165) is 30.6 Å². The Morgan fingerprint density at radius 2 is 2.43 bits per heavy atom. The first-order valence-electron chi connectivity index (χ1n) is 7.22. The summed E-state index contributed by atoms with van der Waals surface area (Å²) in [6.45, 7) is 1.81. The second-order valence-corrected chi connectivity index (χ2v) is 5.30. The van der Waals surface area contributed by atoms with Crippen molar-refractivity contribution < 1.29 is 13.9 Å². The lowest BCUT2D eigenvalue weighted by atomic mass is 10.1. The standard InChI is InChI=1S/C15H18FN3O2/c16-11-3-4-12-13(8-11)19-14(18-12)2-1-6-17-15(20)10-5-7-21-9-10/h3-4,8,10H,1-2,5-7,9H2,(H,17,20)(H,18,19)/t10-/m1/s1. The van der Waals surface area contributed by atoms with Gasteiger partial charge in [-0.2, -0.15) is 0 Å². The Balaban J connectivity index is 1.46. The van der Waals surface area contributed by atoms with Crippen LogP contribution in [0.4, 0.5) is 4.39 Å². The van der Waals surface area contributed by atoms with Crippen LogP contribution in [0.1, 0.15) is 18.7 Å². The number of imidazole rings is 1. The number of aryl methyl sites for hydroxylation is 1. The van der Waals surface area contributed by atoms with Gasteiger partial charge in [-0.15, -0.1) is 0 Å². The monoisotopic (exact) mass is 291 g/mol. The van der Waals surface area contributed by atoms with E-state index in [-0.39, 0.29) is 17.6 Å². The van der Waals surface area contributed by atoms with E-state index in [9.17, 15) is 9.18 Å². The van der Waals surface area contributed by atoms with Crippen molar-refractivity contribution in [3.63, 3.8) is 0 Å². The number of nitrogens with zero attached hydrogens (tertiary/aromatic N) is 1. The van der Waals surface area contributed by atoms with Gasteiger partial charge in [-0.05, 0) is 31.0 Å². The van der Waals surface area contributed by atoms with E-state index in [1.807, 2.05) is 0 Å². The molecule has 1 atom stereocenters. The van der Waals surface area contributed by atoms with Crippen LogP contribution in [0.5, 0.6) is 0 Å². The van der Waals surface area contributed by atoms with E-state index in [4.69, 9.17) is 4.74 Å². The molecule has 1 saturated heterocycles. The highest BCUT2D eigenvalue weighted by molar-refractivity contribution is 5.79. The summed E-state index contributed by atoms with van der Waals surface area (Å²) in [6, 6.07) is 4.50. The number of nitrogens with one attached hydrogen (secondary N) is 2. The smallest absolute Gasteiger partial charge is 0.225 e. The van der Waals surface area contributed by atoms with E-state index in [0.29, 0.717) is 25.3 Å².